The van der Waals surface area contributed by atoms with Gasteiger partial charge in [-0.2, -0.15) is 0 Å². The highest BCUT2D eigenvalue weighted by Crippen LogP contribution is 2.47. The number of hydrogen-bond acceptors (Lipinski definition) is 3. The minimum absolute atomic E-state index is 0.394. The fourth-order valence-corrected chi connectivity index (χ4v) is 3.81. The molecule has 1 unspecified atom stereocenters. The highest BCUT2D eigenvalue weighted by atomic mass is 32.2. The van der Waals surface area contributed by atoms with Crippen LogP contribution in [0.25, 0.3) is 0 Å². The Kier molecular flexibility index (Phi) is 2.80. The Labute approximate surface area is 86.2 Å². The van der Waals surface area contributed by atoms with E-state index in [9.17, 15) is 22.0 Å². The van der Waals surface area contributed by atoms with Gasteiger partial charge in [0, 0.05) is 6.42 Å². The molecule has 1 N–H and O–H groups in total. The van der Waals surface area contributed by atoms with E-state index in [4.69, 9.17) is 5.11 Å². The molecule has 0 radical (unpaired) electrons. The summed E-state index contributed by atoms with van der Waals surface area (Å²) in [7, 11) is -3.68. The van der Waals surface area contributed by atoms with Crippen LogP contribution in [-0.4, -0.2) is 36.9 Å². The van der Waals surface area contributed by atoms with Crippen molar-refractivity contribution in [3.05, 3.63) is 0 Å². The van der Waals surface area contributed by atoms with Crippen molar-refractivity contribution < 1.29 is 27.1 Å². The third-order valence-electron chi connectivity index (χ3n) is 2.91. The van der Waals surface area contributed by atoms with Gasteiger partial charge in [-0.3, -0.25) is 4.79 Å². The van der Waals surface area contributed by atoms with Crippen molar-refractivity contribution in [2.24, 2.45) is 5.41 Å². The molecule has 0 aromatic rings. The second-order valence-electron chi connectivity index (χ2n) is 3.79. The maximum absolute atomic E-state index is 13.5. The minimum atomic E-state index is -3.68. The van der Waals surface area contributed by atoms with Crippen molar-refractivity contribution in [3.8, 4) is 0 Å². The lowest BCUT2D eigenvalue weighted by molar-refractivity contribution is -0.178. The zero-order chi connectivity index (χ0) is 11.9. The summed E-state index contributed by atoms with van der Waals surface area (Å²) >= 11 is 0. The van der Waals surface area contributed by atoms with E-state index in [-0.39, 0.29) is 0 Å². The summed E-state index contributed by atoms with van der Waals surface area (Å²) in [5.74, 6) is -6.81. The Morgan fingerprint density at radius 1 is 1.47 bits per heavy atom. The third-order valence-corrected chi connectivity index (χ3v) is 4.67. The highest BCUT2D eigenvalue weighted by Gasteiger charge is 2.62. The smallest absolute Gasteiger partial charge is 0.316 e. The molecule has 0 saturated carbocycles. The first-order valence-electron chi connectivity index (χ1n) is 4.48. The van der Waals surface area contributed by atoms with Gasteiger partial charge in [0.15, 0.2) is 9.84 Å². The number of carbonyl (C=O) groups is 1. The average molecular weight is 242 g/mol. The number of hydrogen-bond donors (Lipinski definition) is 1. The van der Waals surface area contributed by atoms with Gasteiger partial charge in [-0.1, -0.05) is 6.92 Å². The molecule has 4 nitrogen and oxygen atoms in total. The molecular weight excluding hydrogens is 230 g/mol. The van der Waals surface area contributed by atoms with Crippen LogP contribution in [0.1, 0.15) is 19.8 Å². The van der Waals surface area contributed by atoms with E-state index in [2.05, 4.69) is 0 Å². The zero-order valence-corrected chi connectivity index (χ0v) is 8.98. The maximum Gasteiger partial charge on any atom is 0.316 e. The van der Waals surface area contributed by atoms with Crippen molar-refractivity contribution in [1.29, 1.82) is 0 Å². The van der Waals surface area contributed by atoms with E-state index >= 15 is 0 Å². The molecule has 88 valence electrons. The van der Waals surface area contributed by atoms with Gasteiger partial charge in [-0.05, 0) is 6.42 Å². The van der Waals surface area contributed by atoms with E-state index in [0.29, 0.717) is 0 Å². The van der Waals surface area contributed by atoms with Crippen LogP contribution in [0.4, 0.5) is 8.78 Å². The van der Waals surface area contributed by atoms with Crippen LogP contribution in [0.15, 0.2) is 0 Å². The molecule has 15 heavy (non-hydrogen) atoms. The Morgan fingerprint density at radius 3 is 2.33 bits per heavy atom. The van der Waals surface area contributed by atoms with Crippen molar-refractivity contribution >= 4 is 15.8 Å². The van der Waals surface area contributed by atoms with E-state index in [1.54, 1.807) is 0 Å². The van der Waals surface area contributed by atoms with Crippen LogP contribution in [0.5, 0.6) is 0 Å². The number of sulfone groups is 1. The van der Waals surface area contributed by atoms with E-state index in [1.165, 1.54) is 6.92 Å². The summed E-state index contributed by atoms with van der Waals surface area (Å²) in [5.41, 5.74) is -2.45. The number of rotatable bonds is 2. The topological polar surface area (TPSA) is 71.4 Å². The summed E-state index contributed by atoms with van der Waals surface area (Å²) in [6, 6.07) is 0. The van der Waals surface area contributed by atoms with Gasteiger partial charge in [0.05, 0.1) is 11.5 Å². The van der Waals surface area contributed by atoms with Gasteiger partial charge in [0.25, 0.3) is 5.92 Å². The lowest BCUT2D eigenvalue weighted by Gasteiger charge is -2.39. The molecule has 0 aromatic carbocycles. The molecule has 1 saturated heterocycles. The van der Waals surface area contributed by atoms with Gasteiger partial charge in [-0.25, -0.2) is 17.2 Å². The van der Waals surface area contributed by atoms with Crippen molar-refractivity contribution in [3.63, 3.8) is 0 Å². The molecule has 0 bridgehead atoms. The first kappa shape index (κ1) is 12.4. The van der Waals surface area contributed by atoms with Gasteiger partial charge in [0.1, 0.15) is 5.41 Å². The SMILES string of the molecule is CCC1(C(=O)O)CS(=O)(=O)CCC1(F)F. The predicted octanol–water partition coefficient (Wildman–Crippen LogP) is 0.921. The van der Waals surface area contributed by atoms with Gasteiger partial charge in [-0.15, -0.1) is 0 Å². The predicted molar refractivity (Wildman–Crippen MR) is 48.6 cm³/mol. The van der Waals surface area contributed by atoms with Crippen molar-refractivity contribution in [1.82, 2.24) is 0 Å². The number of carboxylic acid groups (broad SMARTS) is 1. The maximum atomic E-state index is 13.5. The molecule has 1 aliphatic heterocycles. The van der Waals surface area contributed by atoms with Crippen LogP contribution in [0.3, 0.4) is 0 Å². The van der Waals surface area contributed by atoms with Gasteiger partial charge >= 0.3 is 5.97 Å². The van der Waals surface area contributed by atoms with Gasteiger partial charge < -0.3 is 5.11 Å². The molecular formula is C8H12F2O4S. The molecule has 1 rings (SSSR count). The number of halogens is 2. The van der Waals surface area contributed by atoms with E-state index in [0.717, 1.165) is 0 Å². The first-order valence-corrected chi connectivity index (χ1v) is 6.31. The molecule has 1 heterocycles. The molecule has 1 aliphatic rings. The molecule has 0 amide bonds. The molecule has 1 fully saturated rings. The summed E-state index contributed by atoms with van der Waals surface area (Å²) in [6.45, 7) is 1.27. The third kappa shape index (κ3) is 1.84. The van der Waals surface area contributed by atoms with E-state index < -0.39 is 51.5 Å². The van der Waals surface area contributed by atoms with Crippen LogP contribution in [-0.2, 0) is 14.6 Å². The van der Waals surface area contributed by atoms with Crippen molar-refractivity contribution in [2.45, 2.75) is 25.7 Å². The summed E-state index contributed by atoms with van der Waals surface area (Å²) in [6.07, 6.45) is -1.30. The number of carboxylic acids is 1. The molecule has 0 aromatic heterocycles. The van der Waals surface area contributed by atoms with Crippen LogP contribution in [0, 0.1) is 5.41 Å². The zero-order valence-electron chi connectivity index (χ0n) is 8.16. The quantitative estimate of drug-likeness (QED) is 0.781. The van der Waals surface area contributed by atoms with Crippen LogP contribution < -0.4 is 0 Å². The fourth-order valence-electron chi connectivity index (χ4n) is 1.81. The molecule has 1 atom stereocenters. The number of alkyl halides is 2. The van der Waals surface area contributed by atoms with Crippen LogP contribution in [0.2, 0.25) is 0 Å². The lowest BCUT2D eigenvalue weighted by atomic mass is 9.79. The highest BCUT2D eigenvalue weighted by molar-refractivity contribution is 7.91. The second-order valence-corrected chi connectivity index (χ2v) is 5.97. The lowest BCUT2D eigenvalue weighted by Crippen LogP contribution is -2.56. The molecule has 7 heteroatoms. The first-order chi connectivity index (χ1) is 6.67. The Balaban J connectivity index is 3.25. The van der Waals surface area contributed by atoms with E-state index in [1.807, 2.05) is 0 Å². The monoisotopic (exact) mass is 242 g/mol. The fraction of sp³-hybridized carbons (Fsp3) is 0.875. The largest absolute Gasteiger partial charge is 0.481 e. The molecule has 0 spiro atoms. The normalized spacial score (nSPS) is 33.5. The standard InChI is InChI=1S/C8H12F2O4S/c1-2-7(6(11)12)5-15(13,14)4-3-8(7,9)10/h2-5H2,1H3,(H,11,12). The summed E-state index contributed by atoms with van der Waals surface area (Å²) in [5, 5.41) is 8.81. The Bertz CT molecular complexity index is 376. The summed E-state index contributed by atoms with van der Waals surface area (Å²) < 4.78 is 49.4. The minimum Gasteiger partial charge on any atom is -0.481 e. The van der Waals surface area contributed by atoms with Gasteiger partial charge in [0.2, 0.25) is 0 Å². The van der Waals surface area contributed by atoms with Crippen molar-refractivity contribution in [2.75, 3.05) is 11.5 Å². The Hall–Kier alpha value is -0.720. The molecule has 0 aliphatic carbocycles. The number of aliphatic carboxylic acids is 1. The average Bonchev–Trinajstić information content (AvgIpc) is 2.09. The van der Waals surface area contributed by atoms with Crippen LogP contribution >= 0.6 is 0 Å². The Morgan fingerprint density at radius 2 is 2.00 bits per heavy atom. The summed E-state index contributed by atoms with van der Waals surface area (Å²) in [4.78, 5) is 10.9. The second kappa shape index (κ2) is 3.40.